The van der Waals surface area contributed by atoms with Gasteiger partial charge in [-0.2, -0.15) is 0 Å². The van der Waals surface area contributed by atoms with Crippen LogP contribution in [0.3, 0.4) is 0 Å². The van der Waals surface area contributed by atoms with Crippen molar-refractivity contribution in [1.29, 1.82) is 0 Å². The van der Waals surface area contributed by atoms with Crippen molar-refractivity contribution in [2.45, 2.75) is 52.2 Å². The van der Waals surface area contributed by atoms with Crippen molar-refractivity contribution < 1.29 is 9.59 Å². The Balaban J connectivity index is 2.15. The largest absolute Gasteiger partial charge is 0.352 e. The van der Waals surface area contributed by atoms with Crippen LogP contribution in [0.1, 0.15) is 38.3 Å². The predicted molar refractivity (Wildman–Crippen MR) is 110 cm³/mol. The summed E-state index contributed by atoms with van der Waals surface area (Å²) >= 11 is 6.28. The van der Waals surface area contributed by atoms with Gasteiger partial charge in [0.25, 0.3) is 0 Å². The molecule has 0 aromatic heterocycles. The summed E-state index contributed by atoms with van der Waals surface area (Å²) in [6.45, 7) is 5.87. The first-order valence-electron chi connectivity index (χ1n) is 9.25. The summed E-state index contributed by atoms with van der Waals surface area (Å²) in [5, 5.41) is 3.48. The summed E-state index contributed by atoms with van der Waals surface area (Å²) in [7, 11) is 0. The minimum atomic E-state index is -0.577. The minimum absolute atomic E-state index is 0.0153. The van der Waals surface area contributed by atoms with E-state index in [1.54, 1.807) is 17.9 Å². The molecule has 2 amide bonds. The number of nitrogens with zero attached hydrogens (tertiary/aromatic N) is 1. The van der Waals surface area contributed by atoms with Crippen LogP contribution in [0.15, 0.2) is 54.6 Å². The van der Waals surface area contributed by atoms with Crippen molar-refractivity contribution in [2.75, 3.05) is 0 Å². The van der Waals surface area contributed by atoms with Crippen LogP contribution in [0.2, 0.25) is 5.02 Å². The van der Waals surface area contributed by atoms with Crippen LogP contribution in [0.4, 0.5) is 0 Å². The van der Waals surface area contributed by atoms with E-state index in [1.807, 2.05) is 62.4 Å². The van der Waals surface area contributed by atoms with E-state index in [-0.39, 0.29) is 17.9 Å². The molecule has 0 saturated carbocycles. The topological polar surface area (TPSA) is 49.4 Å². The smallest absolute Gasteiger partial charge is 0.242 e. The summed E-state index contributed by atoms with van der Waals surface area (Å²) in [4.78, 5) is 27.1. The van der Waals surface area contributed by atoms with Crippen LogP contribution < -0.4 is 5.32 Å². The highest BCUT2D eigenvalue weighted by Crippen LogP contribution is 2.19. The number of amides is 2. The van der Waals surface area contributed by atoms with Crippen LogP contribution in [0.5, 0.6) is 0 Å². The Kier molecular flexibility index (Phi) is 7.86. The van der Waals surface area contributed by atoms with Gasteiger partial charge in [-0.05, 0) is 44.4 Å². The quantitative estimate of drug-likeness (QED) is 0.738. The van der Waals surface area contributed by atoms with Gasteiger partial charge in [0.15, 0.2) is 0 Å². The fraction of sp³-hybridized carbons (Fsp3) is 0.364. The molecule has 1 unspecified atom stereocenters. The SMILES string of the molecule is CC(C)NC(=O)C(C)N(Cc1ccccc1Cl)C(=O)CCc1ccccc1. The van der Waals surface area contributed by atoms with E-state index in [4.69, 9.17) is 11.6 Å². The third kappa shape index (κ3) is 6.40. The molecule has 0 aliphatic rings. The van der Waals surface area contributed by atoms with E-state index in [0.717, 1.165) is 11.1 Å². The van der Waals surface area contributed by atoms with Crippen molar-refractivity contribution in [3.63, 3.8) is 0 Å². The van der Waals surface area contributed by atoms with Gasteiger partial charge in [-0.3, -0.25) is 9.59 Å². The third-order valence-electron chi connectivity index (χ3n) is 4.37. The second-order valence-corrected chi connectivity index (χ2v) is 7.35. The molecular weight excluding hydrogens is 360 g/mol. The number of carbonyl (C=O) groups excluding carboxylic acids is 2. The molecular formula is C22H27ClN2O2. The van der Waals surface area contributed by atoms with E-state index in [9.17, 15) is 9.59 Å². The van der Waals surface area contributed by atoms with Crippen molar-refractivity contribution in [3.8, 4) is 0 Å². The van der Waals surface area contributed by atoms with Gasteiger partial charge in [0.1, 0.15) is 6.04 Å². The van der Waals surface area contributed by atoms with E-state index >= 15 is 0 Å². The molecule has 1 atom stereocenters. The maximum absolute atomic E-state index is 13.0. The Labute approximate surface area is 166 Å². The number of hydrogen-bond acceptors (Lipinski definition) is 2. The maximum Gasteiger partial charge on any atom is 0.242 e. The molecule has 144 valence electrons. The van der Waals surface area contributed by atoms with Crippen LogP contribution >= 0.6 is 11.6 Å². The van der Waals surface area contributed by atoms with Crippen molar-refractivity contribution in [3.05, 3.63) is 70.7 Å². The Morgan fingerprint density at radius 1 is 1.00 bits per heavy atom. The van der Waals surface area contributed by atoms with E-state index in [1.165, 1.54) is 0 Å². The maximum atomic E-state index is 13.0. The molecule has 0 heterocycles. The Bertz CT molecular complexity index is 762. The lowest BCUT2D eigenvalue weighted by molar-refractivity contribution is -0.140. The molecule has 4 nitrogen and oxygen atoms in total. The molecule has 0 aliphatic carbocycles. The lowest BCUT2D eigenvalue weighted by atomic mass is 10.1. The van der Waals surface area contributed by atoms with Gasteiger partial charge in [-0.1, -0.05) is 60.1 Å². The monoisotopic (exact) mass is 386 g/mol. The zero-order valence-electron chi connectivity index (χ0n) is 16.1. The minimum Gasteiger partial charge on any atom is -0.352 e. The Hall–Kier alpha value is -2.33. The van der Waals surface area contributed by atoms with Crippen molar-refractivity contribution >= 4 is 23.4 Å². The molecule has 0 bridgehead atoms. The molecule has 5 heteroatoms. The summed E-state index contributed by atoms with van der Waals surface area (Å²) in [6, 6.07) is 16.7. The van der Waals surface area contributed by atoms with Gasteiger partial charge < -0.3 is 10.2 Å². The summed E-state index contributed by atoms with van der Waals surface area (Å²) < 4.78 is 0. The van der Waals surface area contributed by atoms with Crippen LogP contribution in [0.25, 0.3) is 0 Å². The molecule has 0 radical (unpaired) electrons. The highest BCUT2D eigenvalue weighted by Gasteiger charge is 2.26. The van der Waals surface area contributed by atoms with E-state index < -0.39 is 6.04 Å². The second kappa shape index (κ2) is 10.1. The van der Waals surface area contributed by atoms with Gasteiger partial charge in [-0.25, -0.2) is 0 Å². The van der Waals surface area contributed by atoms with Gasteiger partial charge in [0.05, 0.1) is 0 Å². The zero-order chi connectivity index (χ0) is 19.8. The Morgan fingerprint density at radius 2 is 1.63 bits per heavy atom. The normalized spacial score (nSPS) is 11.9. The molecule has 2 aromatic rings. The summed E-state index contributed by atoms with van der Waals surface area (Å²) in [6.07, 6.45) is 0.977. The number of benzene rings is 2. The summed E-state index contributed by atoms with van der Waals surface area (Å²) in [5.41, 5.74) is 1.93. The van der Waals surface area contributed by atoms with E-state index in [0.29, 0.717) is 24.4 Å². The van der Waals surface area contributed by atoms with Gasteiger partial charge in [0.2, 0.25) is 11.8 Å². The van der Waals surface area contributed by atoms with Crippen LogP contribution in [-0.4, -0.2) is 28.8 Å². The fourth-order valence-corrected chi connectivity index (χ4v) is 3.03. The first-order valence-corrected chi connectivity index (χ1v) is 9.63. The molecule has 0 fully saturated rings. The molecule has 0 aliphatic heterocycles. The first kappa shape index (κ1) is 21.0. The van der Waals surface area contributed by atoms with Crippen molar-refractivity contribution in [1.82, 2.24) is 10.2 Å². The molecule has 0 saturated heterocycles. The molecule has 0 spiro atoms. The molecule has 2 aromatic carbocycles. The van der Waals surface area contributed by atoms with Crippen LogP contribution in [-0.2, 0) is 22.6 Å². The average Bonchev–Trinajstić information content (AvgIpc) is 2.65. The zero-order valence-corrected chi connectivity index (χ0v) is 16.9. The lowest BCUT2D eigenvalue weighted by Crippen LogP contribution is -2.49. The number of carbonyl (C=O) groups is 2. The first-order chi connectivity index (χ1) is 12.9. The number of hydrogen-bond donors (Lipinski definition) is 1. The van der Waals surface area contributed by atoms with E-state index in [2.05, 4.69) is 5.32 Å². The highest BCUT2D eigenvalue weighted by molar-refractivity contribution is 6.31. The average molecular weight is 387 g/mol. The predicted octanol–water partition coefficient (Wildman–Crippen LogP) is 4.21. The van der Waals surface area contributed by atoms with Gasteiger partial charge >= 0.3 is 0 Å². The number of nitrogens with one attached hydrogen (secondary N) is 1. The molecule has 2 rings (SSSR count). The Morgan fingerprint density at radius 3 is 2.26 bits per heavy atom. The van der Waals surface area contributed by atoms with Gasteiger partial charge in [-0.15, -0.1) is 0 Å². The van der Waals surface area contributed by atoms with Crippen molar-refractivity contribution in [2.24, 2.45) is 0 Å². The number of aryl methyl sites for hydroxylation is 1. The third-order valence-corrected chi connectivity index (χ3v) is 4.74. The summed E-state index contributed by atoms with van der Waals surface area (Å²) in [5.74, 6) is -0.227. The standard InChI is InChI=1S/C22H27ClN2O2/c1-16(2)24-22(27)17(3)25(15-19-11-7-8-12-20(19)23)21(26)14-13-18-9-5-4-6-10-18/h4-12,16-17H,13-15H2,1-3H3,(H,24,27). The highest BCUT2D eigenvalue weighted by atomic mass is 35.5. The lowest BCUT2D eigenvalue weighted by Gasteiger charge is -2.29. The number of rotatable bonds is 8. The van der Waals surface area contributed by atoms with Crippen LogP contribution in [0, 0.1) is 0 Å². The fourth-order valence-electron chi connectivity index (χ4n) is 2.84. The molecule has 1 N–H and O–H groups in total. The number of halogens is 1. The van der Waals surface area contributed by atoms with Gasteiger partial charge in [0, 0.05) is 24.0 Å². The molecule has 27 heavy (non-hydrogen) atoms. The second-order valence-electron chi connectivity index (χ2n) is 6.94.